The van der Waals surface area contributed by atoms with Crippen LogP contribution in [0.15, 0.2) is 11.0 Å². The van der Waals surface area contributed by atoms with Crippen LogP contribution in [0.1, 0.15) is 31.2 Å². The Hall–Kier alpha value is -1.14. The second-order valence-corrected chi connectivity index (χ2v) is 5.04. The number of nitrogen functional groups attached to an aromatic ring is 1. The van der Waals surface area contributed by atoms with E-state index in [0.29, 0.717) is 5.69 Å². The van der Waals surface area contributed by atoms with Gasteiger partial charge in [0, 0.05) is 5.69 Å². The SMILES string of the molecule is Cc1nc(C(C)C)cc(N)c1S(=O)(=O)O. The van der Waals surface area contributed by atoms with Crippen LogP contribution in [0.2, 0.25) is 0 Å². The van der Waals surface area contributed by atoms with Gasteiger partial charge in [-0.1, -0.05) is 13.8 Å². The van der Waals surface area contributed by atoms with E-state index in [9.17, 15) is 8.42 Å². The van der Waals surface area contributed by atoms with E-state index in [1.165, 1.54) is 13.0 Å². The predicted molar refractivity (Wildman–Crippen MR) is 57.3 cm³/mol. The van der Waals surface area contributed by atoms with Gasteiger partial charge >= 0.3 is 0 Å². The standard InChI is InChI=1S/C9H14N2O3S/c1-5(2)8-4-7(10)9(6(3)11-8)15(12,13)14/h4-5H,1-3H3,(H2,10,11)(H,12,13,14). The fourth-order valence-electron chi connectivity index (χ4n) is 1.34. The van der Waals surface area contributed by atoms with Gasteiger partial charge in [0.1, 0.15) is 4.90 Å². The lowest BCUT2D eigenvalue weighted by Gasteiger charge is -2.10. The van der Waals surface area contributed by atoms with Crippen LogP contribution in [0.5, 0.6) is 0 Å². The third kappa shape index (κ3) is 2.45. The molecule has 0 bridgehead atoms. The van der Waals surface area contributed by atoms with Crippen LogP contribution in [-0.4, -0.2) is 18.0 Å². The van der Waals surface area contributed by atoms with Crippen LogP contribution >= 0.6 is 0 Å². The minimum Gasteiger partial charge on any atom is -0.397 e. The van der Waals surface area contributed by atoms with E-state index in [2.05, 4.69) is 4.98 Å². The van der Waals surface area contributed by atoms with Gasteiger partial charge in [-0.3, -0.25) is 9.54 Å². The number of nitrogens with two attached hydrogens (primary N) is 1. The first-order valence-corrected chi connectivity index (χ1v) is 5.92. The van der Waals surface area contributed by atoms with E-state index in [1.807, 2.05) is 13.8 Å². The molecule has 1 rings (SSSR count). The number of hydrogen-bond donors (Lipinski definition) is 2. The number of aryl methyl sites for hydroxylation is 1. The zero-order chi connectivity index (χ0) is 11.8. The van der Waals surface area contributed by atoms with E-state index in [-0.39, 0.29) is 22.2 Å². The van der Waals surface area contributed by atoms with Crippen LogP contribution in [-0.2, 0) is 10.1 Å². The fourth-order valence-corrected chi connectivity index (χ4v) is 2.12. The highest BCUT2D eigenvalue weighted by Crippen LogP contribution is 2.24. The topological polar surface area (TPSA) is 93.3 Å². The summed E-state index contributed by atoms with van der Waals surface area (Å²) < 4.78 is 30.9. The van der Waals surface area contributed by atoms with Crippen molar-refractivity contribution in [3.63, 3.8) is 0 Å². The third-order valence-corrected chi connectivity index (χ3v) is 3.09. The van der Waals surface area contributed by atoms with Crippen LogP contribution < -0.4 is 5.73 Å². The Labute approximate surface area is 89.1 Å². The van der Waals surface area contributed by atoms with Gasteiger partial charge in [-0.25, -0.2) is 0 Å². The molecule has 0 aromatic carbocycles. The summed E-state index contributed by atoms with van der Waals surface area (Å²) in [5, 5.41) is 0. The van der Waals surface area contributed by atoms with Gasteiger partial charge in [0.25, 0.3) is 10.1 Å². The molecule has 0 spiro atoms. The van der Waals surface area contributed by atoms with Crippen LogP contribution in [0, 0.1) is 6.92 Å². The molecule has 0 saturated carbocycles. The predicted octanol–water partition coefficient (Wildman–Crippen LogP) is 1.34. The van der Waals surface area contributed by atoms with E-state index < -0.39 is 10.1 Å². The van der Waals surface area contributed by atoms with Crippen molar-refractivity contribution in [3.05, 3.63) is 17.5 Å². The summed E-state index contributed by atoms with van der Waals surface area (Å²) in [5.41, 5.74) is 6.53. The molecule has 0 atom stereocenters. The maximum Gasteiger partial charge on any atom is 0.298 e. The molecule has 0 fully saturated rings. The van der Waals surface area contributed by atoms with E-state index in [4.69, 9.17) is 10.3 Å². The molecule has 6 heteroatoms. The molecule has 1 aromatic rings. The van der Waals surface area contributed by atoms with Gasteiger partial charge < -0.3 is 5.73 Å². The van der Waals surface area contributed by atoms with Crippen LogP contribution in [0.3, 0.4) is 0 Å². The second-order valence-electron chi connectivity index (χ2n) is 3.68. The molecular formula is C9H14N2O3S. The van der Waals surface area contributed by atoms with E-state index in [0.717, 1.165) is 0 Å². The van der Waals surface area contributed by atoms with Crippen molar-refractivity contribution in [1.29, 1.82) is 0 Å². The molecule has 0 radical (unpaired) electrons. The summed E-state index contributed by atoms with van der Waals surface area (Å²) in [5.74, 6) is 0.154. The Morgan fingerprint density at radius 1 is 1.47 bits per heavy atom. The molecule has 0 aliphatic heterocycles. The quantitative estimate of drug-likeness (QED) is 0.748. The molecule has 1 aromatic heterocycles. The molecule has 0 saturated heterocycles. The smallest absolute Gasteiger partial charge is 0.298 e. The monoisotopic (exact) mass is 230 g/mol. The van der Waals surface area contributed by atoms with Gasteiger partial charge in [-0.05, 0) is 18.9 Å². The van der Waals surface area contributed by atoms with Crippen LogP contribution in [0.4, 0.5) is 5.69 Å². The Kier molecular flexibility index (Phi) is 3.01. The first kappa shape index (κ1) is 11.9. The molecule has 84 valence electrons. The number of hydrogen-bond acceptors (Lipinski definition) is 4. The van der Waals surface area contributed by atoms with Crippen molar-refractivity contribution >= 4 is 15.8 Å². The van der Waals surface area contributed by atoms with Gasteiger partial charge in [-0.15, -0.1) is 0 Å². The summed E-state index contributed by atoms with van der Waals surface area (Å²) in [6.07, 6.45) is 0. The van der Waals surface area contributed by atoms with Crippen molar-refractivity contribution in [2.45, 2.75) is 31.6 Å². The highest BCUT2D eigenvalue weighted by atomic mass is 32.2. The van der Waals surface area contributed by atoms with Crippen LogP contribution in [0.25, 0.3) is 0 Å². The largest absolute Gasteiger partial charge is 0.397 e. The Balaban J connectivity index is 3.48. The summed E-state index contributed by atoms with van der Waals surface area (Å²) in [7, 11) is -4.29. The van der Waals surface area contributed by atoms with Crippen molar-refractivity contribution in [3.8, 4) is 0 Å². The number of anilines is 1. The van der Waals surface area contributed by atoms with E-state index >= 15 is 0 Å². The summed E-state index contributed by atoms with van der Waals surface area (Å²) in [4.78, 5) is 3.78. The molecule has 15 heavy (non-hydrogen) atoms. The Morgan fingerprint density at radius 2 is 2.00 bits per heavy atom. The summed E-state index contributed by atoms with van der Waals surface area (Å²) in [6, 6.07) is 1.47. The number of rotatable bonds is 2. The van der Waals surface area contributed by atoms with Crippen molar-refractivity contribution in [2.75, 3.05) is 5.73 Å². The molecule has 1 heterocycles. The molecule has 5 nitrogen and oxygen atoms in total. The minimum absolute atomic E-state index is 0.0358. The first-order chi connectivity index (χ1) is 6.73. The van der Waals surface area contributed by atoms with Gasteiger partial charge in [-0.2, -0.15) is 8.42 Å². The van der Waals surface area contributed by atoms with Crippen molar-refractivity contribution in [1.82, 2.24) is 4.98 Å². The fraction of sp³-hybridized carbons (Fsp3) is 0.444. The molecule has 3 N–H and O–H groups in total. The molecule has 0 amide bonds. The zero-order valence-electron chi connectivity index (χ0n) is 8.85. The molecule has 0 unspecified atom stereocenters. The maximum atomic E-state index is 11.0. The highest BCUT2D eigenvalue weighted by molar-refractivity contribution is 7.86. The Morgan fingerprint density at radius 3 is 2.33 bits per heavy atom. The molecule has 0 aliphatic carbocycles. The number of pyridine rings is 1. The minimum atomic E-state index is -4.29. The normalized spacial score (nSPS) is 12.1. The average Bonchev–Trinajstić information content (AvgIpc) is 1.99. The van der Waals surface area contributed by atoms with Crippen molar-refractivity contribution < 1.29 is 13.0 Å². The first-order valence-electron chi connectivity index (χ1n) is 4.48. The number of aromatic nitrogens is 1. The lowest BCUT2D eigenvalue weighted by atomic mass is 10.1. The second kappa shape index (κ2) is 3.79. The van der Waals surface area contributed by atoms with E-state index in [1.54, 1.807) is 0 Å². The Bertz CT molecular complexity index is 457. The highest BCUT2D eigenvalue weighted by Gasteiger charge is 2.19. The lowest BCUT2D eigenvalue weighted by Crippen LogP contribution is -2.09. The van der Waals surface area contributed by atoms with Gasteiger partial charge in [0.15, 0.2) is 0 Å². The van der Waals surface area contributed by atoms with Crippen molar-refractivity contribution in [2.24, 2.45) is 0 Å². The van der Waals surface area contributed by atoms with Gasteiger partial charge in [0.2, 0.25) is 0 Å². The summed E-state index contributed by atoms with van der Waals surface area (Å²) >= 11 is 0. The zero-order valence-corrected chi connectivity index (χ0v) is 9.67. The maximum absolute atomic E-state index is 11.0. The summed E-state index contributed by atoms with van der Waals surface area (Å²) in [6.45, 7) is 5.36. The molecule has 0 aliphatic rings. The third-order valence-electron chi connectivity index (χ3n) is 2.04. The number of nitrogens with zero attached hydrogens (tertiary/aromatic N) is 1. The van der Waals surface area contributed by atoms with Gasteiger partial charge in [0.05, 0.1) is 11.4 Å². The molecular weight excluding hydrogens is 216 g/mol. The lowest BCUT2D eigenvalue weighted by molar-refractivity contribution is 0.482. The average molecular weight is 230 g/mol.